The fourth-order valence-corrected chi connectivity index (χ4v) is 4.58. The van der Waals surface area contributed by atoms with Crippen molar-refractivity contribution in [1.29, 1.82) is 0 Å². The molecule has 0 saturated carbocycles. The molecule has 4 nitrogen and oxygen atoms in total. The zero-order valence-corrected chi connectivity index (χ0v) is 16.2. The molecular weight excluding hydrogens is 380 g/mol. The Balaban J connectivity index is 1.63. The first-order valence-electron chi connectivity index (χ1n) is 8.74. The molecule has 27 heavy (non-hydrogen) atoms. The van der Waals surface area contributed by atoms with Gasteiger partial charge in [0.25, 0.3) is 0 Å². The normalized spacial score (nSPS) is 20.7. The van der Waals surface area contributed by atoms with Gasteiger partial charge in [-0.2, -0.15) is 16.4 Å². The molecule has 0 fully saturated rings. The van der Waals surface area contributed by atoms with Crippen LogP contribution in [0, 0.1) is 6.92 Å². The Labute approximate surface area is 166 Å². The summed E-state index contributed by atoms with van der Waals surface area (Å²) in [5, 5.41) is 22.0. The minimum Gasteiger partial charge on any atom is -0.507 e. The third-order valence-electron chi connectivity index (χ3n) is 5.04. The van der Waals surface area contributed by atoms with Crippen LogP contribution in [0.1, 0.15) is 40.9 Å². The summed E-state index contributed by atoms with van der Waals surface area (Å²) in [4.78, 5) is 0. The molecule has 2 aliphatic rings. The highest BCUT2D eigenvalue weighted by atomic mass is 35.5. The number of aryl methyl sites for hydroxylation is 1. The van der Waals surface area contributed by atoms with Crippen molar-refractivity contribution < 1.29 is 9.84 Å². The molecule has 1 N–H and O–H groups in total. The molecular formula is C21H17ClN2O2S. The molecule has 0 unspecified atom stereocenters. The van der Waals surface area contributed by atoms with Crippen LogP contribution in [0.15, 0.2) is 58.3 Å². The van der Waals surface area contributed by atoms with Crippen LogP contribution in [-0.2, 0) is 0 Å². The van der Waals surface area contributed by atoms with Crippen LogP contribution >= 0.6 is 22.9 Å². The van der Waals surface area contributed by atoms with E-state index in [0.717, 1.165) is 33.7 Å². The molecule has 2 aromatic carbocycles. The fraction of sp³-hybridized carbons (Fsp3) is 0.190. The van der Waals surface area contributed by atoms with E-state index in [0.29, 0.717) is 11.4 Å². The molecule has 0 aliphatic carbocycles. The van der Waals surface area contributed by atoms with Gasteiger partial charge in [0.1, 0.15) is 11.5 Å². The molecule has 0 amide bonds. The second-order valence-corrected chi connectivity index (χ2v) is 8.09. The van der Waals surface area contributed by atoms with Gasteiger partial charge in [-0.25, -0.2) is 5.01 Å². The number of thiophene rings is 1. The van der Waals surface area contributed by atoms with Gasteiger partial charge in [0, 0.05) is 28.1 Å². The highest BCUT2D eigenvalue weighted by molar-refractivity contribution is 7.07. The summed E-state index contributed by atoms with van der Waals surface area (Å²) in [7, 11) is 0. The maximum absolute atomic E-state index is 10.4. The molecule has 3 heterocycles. The molecule has 2 aliphatic heterocycles. The second-order valence-electron chi connectivity index (χ2n) is 6.88. The van der Waals surface area contributed by atoms with Gasteiger partial charge in [-0.15, -0.1) is 0 Å². The molecule has 2 atom stereocenters. The third kappa shape index (κ3) is 2.78. The second kappa shape index (κ2) is 6.29. The van der Waals surface area contributed by atoms with E-state index < -0.39 is 0 Å². The number of ether oxygens (including phenoxy) is 1. The number of rotatable bonds is 2. The number of fused-ring (bicyclic) bond motifs is 3. The van der Waals surface area contributed by atoms with Crippen LogP contribution in [0.25, 0.3) is 0 Å². The van der Waals surface area contributed by atoms with Crippen molar-refractivity contribution in [2.75, 3.05) is 0 Å². The Morgan fingerprint density at radius 1 is 1.22 bits per heavy atom. The van der Waals surface area contributed by atoms with Crippen LogP contribution in [0.2, 0.25) is 5.02 Å². The molecule has 6 heteroatoms. The van der Waals surface area contributed by atoms with Crippen LogP contribution in [0.5, 0.6) is 11.5 Å². The number of phenolic OH excluding ortho intramolecular Hbond substituents is 1. The summed E-state index contributed by atoms with van der Waals surface area (Å²) >= 11 is 7.89. The molecule has 0 saturated heterocycles. The predicted molar refractivity (Wildman–Crippen MR) is 108 cm³/mol. The van der Waals surface area contributed by atoms with Crippen molar-refractivity contribution in [2.24, 2.45) is 5.10 Å². The maximum Gasteiger partial charge on any atom is 0.214 e. The largest absolute Gasteiger partial charge is 0.507 e. The third-order valence-corrected chi connectivity index (χ3v) is 5.98. The van der Waals surface area contributed by atoms with Gasteiger partial charge in [-0.05, 0) is 54.1 Å². The predicted octanol–water partition coefficient (Wildman–Crippen LogP) is 5.66. The van der Waals surface area contributed by atoms with Gasteiger partial charge < -0.3 is 9.84 Å². The summed E-state index contributed by atoms with van der Waals surface area (Å²) in [6, 6.07) is 13.4. The first-order valence-corrected chi connectivity index (χ1v) is 10.1. The fourth-order valence-electron chi connectivity index (χ4n) is 3.74. The molecule has 5 rings (SSSR count). The van der Waals surface area contributed by atoms with Gasteiger partial charge in [0.05, 0.1) is 11.8 Å². The van der Waals surface area contributed by atoms with Gasteiger partial charge in [-0.3, -0.25) is 0 Å². The van der Waals surface area contributed by atoms with E-state index in [4.69, 9.17) is 21.4 Å². The number of phenols is 1. The topological polar surface area (TPSA) is 45.1 Å². The first kappa shape index (κ1) is 16.7. The van der Waals surface area contributed by atoms with Crippen molar-refractivity contribution in [3.63, 3.8) is 0 Å². The van der Waals surface area contributed by atoms with Crippen molar-refractivity contribution in [2.45, 2.75) is 25.6 Å². The highest BCUT2D eigenvalue weighted by Gasteiger charge is 2.41. The standard InChI is InChI=1S/C21H17ClN2O2S/c1-12-2-4-19(25)15(8-12)17-10-18-16-9-14(22)3-5-20(16)26-21(24(18)23-17)13-6-7-27-11-13/h2-9,11,18,21,25H,10H2,1H3/t18-,21-/m1/s1. The molecule has 0 spiro atoms. The molecule has 3 aromatic rings. The van der Waals surface area contributed by atoms with Gasteiger partial charge in [0.15, 0.2) is 0 Å². The average Bonchev–Trinajstić information content (AvgIpc) is 3.33. The van der Waals surface area contributed by atoms with E-state index in [-0.39, 0.29) is 18.0 Å². The number of hydrogen-bond donors (Lipinski definition) is 1. The average molecular weight is 397 g/mol. The summed E-state index contributed by atoms with van der Waals surface area (Å²) in [6.07, 6.45) is 0.397. The summed E-state index contributed by atoms with van der Waals surface area (Å²) in [5.74, 6) is 1.08. The van der Waals surface area contributed by atoms with Crippen LogP contribution in [0.4, 0.5) is 0 Å². The zero-order valence-electron chi connectivity index (χ0n) is 14.6. The number of nitrogens with zero attached hydrogens (tertiary/aromatic N) is 2. The van der Waals surface area contributed by atoms with Crippen molar-refractivity contribution in [3.8, 4) is 11.5 Å². The monoisotopic (exact) mass is 396 g/mol. The Morgan fingerprint density at radius 3 is 2.93 bits per heavy atom. The number of aromatic hydroxyl groups is 1. The number of benzene rings is 2. The molecule has 0 bridgehead atoms. The lowest BCUT2D eigenvalue weighted by Gasteiger charge is -2.37. The van der Waals surface area contributed by atoms with Gasteiger partial charge >= 0.3 is 0 Å². The lowest BCUT2D eigenvalue weighted by molar-refractivity contribution is -0.0187. The van der Waals surface area contributed by atoms with Crippen LogP contribution < -0.4 is 4.74 Å². The van der Waals surface area contributed by atoms with Crippen molar-refractivity contribution >= 4 is 28.6 Å². The summed E-state index contributed by atoms with van der Waals surface area (Å²) in [6.45, 7) is 2.01. The lowest BCUT2D eigenvalue weighted by Crippen LogP contribution is -2.33. The van der Waals surface area contributed by atoms with Crippen LogP contribution in [-0.4, -0.2) is 15.8 Å². The highest BCUT2D eigenvalue weighted by Crippen LogP contribution is 2.48. The quantitative estimate of drug-likeness (QED) is 0.608. The van der Waals surface area contributed by atoms with E-state index in [1.807, 2.05) is 47.6 Å². The number of hydrogen-bond acceptors (Lipinski definition) is 5. The lowest BCUT2D eigenvalue weighted by atomic mass is 9.95. The molecule has 1 aromatic heterocycles. The Hall–Kier alpha value is -2.50. The Kier molecular flexibility index (Phi) is 3.88. The summed E-state index contributed by atoms with van der Waals surface area (Å²) < 4.78 is 6.29. The SMILES string of the molecule is Cc1ccc(O)c(C2=NN3[C@H](C2)c2cc(Cl)ccc2O[C@@H]3c2ccsc2)c1. The Bertz CT molecular complexity index is 1050. The molecule has 0 radical (unpaired) electrons. The van der Waals surface area contributed by atoms with Crippen molar-refractivity contribution in [3.05, 3.63) is 80.5 Å². The van der Waals surface area contributed by atoms with Gasteiger partial charge in [-0.1, -0.05) is 23.2 Å². The Morgan fingerprint density at radius 2 is 2.11 bits per heavy atom. The van der Waals surface area contributed by atoms with Crippen molar-refractivity contribution in [1.82, 2.24) is 5.01 Å². The smallest absolute Gasteiger partial charge is 0.214 e. The van der Waals surface area contributed by atoms with E-state index in [1.165, 1.54) is 0 Å². The minimum atomic E-state index is -0.292. The maximum atomic E-state index is 10.4. The minimum absolute atomic E-state index is 0.0206. The number of halogens is 1. The first-order chi connectivity index (χ1) is 13.1. The summed E-state index contributed by atoms with van der Waals surface area (Å²) in [5.41, 5.74) is 4.82. The number of hydrazone groups is 1. The van der Waals surface area contributed by atoms with E-state index >= 15 is 0 Å². The van der Waals surface area contributed by atoms with Crippen LogP contribution in [0.3, 0.4) is 0 Å². The molecule has 136 valence electrons. The van der Waals surface area contributed by atoms with E-state index in [2.05, 4.69) is 11.4 Å². The van der Waals surface area contributed by atoms with E-state index in [1.54, 1.807) is 17.4 Å². The van der Waals surface area contributed by atoms with E-state index in [9.17, 15) is 5.11 Å². The van der Waals surface area contributed by atoms with Gasteiger partial charge in [0.2, 0.25) is 6.23 Å². The zero-order chi connectivity index (χ0) is 18.5.